The van der Waals surface area contributed by atoms with Crippen LogP contribution in [0.2, 0.25) is 0 Å². The number of nitrogens with one attached hydrogen (secondary N) is 1. The Labute approximate surface area is 118 Å². The zero-order valence-corrected chi connectivity index (χ0v) is 12.5. The lowest BCUT2D eigenvalue weighted by atomic mass is 10.4. The number of nitrogens with zero attached hydrogens (tertiary/aromatic N) is 3. The molecule has 108 valence electrons. The number of thiazole rings is 1. The molecule has 0 saturated heterocycles. The van der Waals surface area contributed by atoms with Crippen LogP contribution in [-0.4, -0.2) is 54.8 Å². The fraction of sp³-hybridized carbons (Fsp3) is 0.667. The van der Waals surface area contributed by atoms with E-state index in [1.165, 1.54) is 0 Å². The molecule has 1 heterocycles. The Hall–Kier alpha value is -1.34. The van der Waals surface area contributed by atoms with E-state index in [1.807, 2.05) is 31.3 Å². The summed E-state index contributed by atoms with van der Waals surface area (Å²) in [5, 5.41) is 14.6. The molecule has 0 bridgehead atoms. The van der Waals surface area contributed by atoms with Gasteiger partial charge >= 0.3 is 6.03 Å². The average molecular weight is 286 g/mol. The molecule has 7 heteroatoms. The van der Waals surface area contributed by atoms with Crippen molar-refractivity contribution in [2.24, 2.45) is 0 Å². The summed E-state index contributed by atoms with van der Waals surface area (Å²) in [6.07, 6.45) is 0.870. The maximum atomic E-state index is 11.9. The second kappa shape index (κ2) is 7.96. The molecule has 6 nitrogen and oxygen atoms in total. The molecule has 0 unspecified atom stereocenters. The van der Waals surface area contributed by atoms with Gasteiger partial charge in [-0.15, -0.1) is 11.3 Å². The van der Waals surface area contributed by atoms with E-state index >= 15 is 0 Å². The summed E-state index contributed by atoms with van der Waals surface area (Å²) >= 11 is 1.55. The van der Waals surface area contributed by atoms with Crippen LogP contribution in [0.3, 0.4) is 0 Å². The molecular weight excluding hydrogens is 264 g/mol. The van der Waals surface area contributed by atoms with Crippen LogP contribution in [0.1, 0.15) is 19.0 Å². The maximum Gasteiger partial charge on any atom is 0.317 e. The number of carbonyl (C=O) groups is 1. The Morgan fingerprint density at radius 1 is 1.47 bits per heavy atom. The second-order valence-corrected chi connectivity index (χ2v) is 5.22. The van der Waals surface area contributed by atoms with Crippen molar-refractivity contribution in [1.29, 1.82) is 0 Å². The number of amides is 2. The first-order valence-electron chi connectivity index (χ1n) is 6.33. The molecule has 0 aromatic carbocycles. The summed E-state index contributed by atoms with van der Waals surface area (Å²) in [5.41, 5.74) is 0.850. The van der Waals surface area contributed by atoms with Crippen LogP contribution in [0.5, 0.6) is 0 Å². The van der Waals surface area contributed by atoms with Crippen molar-refractivity contribution < 1.29 is 9.90 Å². The first-order chi connectivity index (χ1) is 9.08. The van der Waals surface area contributed by atoms with Gasteiger partial charge in [0.05, 0.1) is 18.8 Å². The van der Waals surface area contributed by atoms with Crippen LogP contribution in [0.25, 0.3) is 0 Å². The van der Waals surface area contributed by atoms with Crippen LogP contribution < -0.4 is 10.2 Å². The normalized spacial score (nSPS) is 10.3. The van der Waals surface area contributed by atoms with Gasteiger partial charge in [-0.3, -0.25) is 0 Å². The van der Waals surface area contributed by atoms with E-state index < -0.39 is 0 Å². The quantitative estimate of drug-likeness (QED) is 0.788. The largest absolute Gasteiger partial charge is 0.395 e. The van der Waals surface area contributed by atoms with Crippen LogP contribution in [-0.2, 0) is 6.54 Å². The Bertz CT molecular complexity index is 389. The van der Waals surface area contributed by atoms with Crippen molar-refractivity contribution in [2.45, 2.75) is 19.9 Å². The van der Waals surface area contributed by atoms with Crippen molar-refractivity contribution in [3.8, 4) is 0 Å². The number of aliphatic hydroxyl groups is 1. The van der Waals surface area contributed by atoms with Crippen LogP contribution in [0, 0.1) is 0 Å². The number of aliphatic hydroxyl groups excluding tert-OH is 1. The van der Waals surface area contributed by atoms with Crippen molar-refractivity contribution >= 4 is 22.5 Å². The van der Waals surface area contributed by atoms with Crippen LogP contribution >= 0.6 is 11.3 Å². The maximum absolute atomic E-state index is 11.9. The molecule has 0 aliphatic carbocycles. The molecule has 0 atom stereocenters. The number of hydrogen-bond donors (Lipinski definition) is 2. The number of carbonyl (C=O) groups excluding carboxylic acids is 1. The summed E-state index contributed by atoms with van der Waals surface area (Å²) in [5.74, 6) is 0. The monoisotopic (exact) mass is 286 g/mol. The number of rotatable bonds is 7. The molecule has 0 spiro atoms. The summed E-state index contributed by atoms with van der Waals surface area (Å²) in [6.45, 7) is 3.40. The van der Waals surface area contributed by atoms with E-state index in [1.54, 1.807) is 16.2 Å². The molecule has 0 radical (unpaired) electrons. The fourth-order valence-electron chi connectivity index (χ4n) is 1.57. The van der Waals surface area contributed by atoms with E-state index in [0.29, 0.717) is 19.6 Å². The zero-order valence-electron chi connectivity index (χ0n) is 11.7. The third-order valence-corrected chi connectivity index (χ3v) is 3.55. The van der Waals surface area contributed by atoms with Crippen molar-refractivity contribution in [3.05, 3.63) is 11.1 Å². The van der Waals surface area contributed by atoms with Gasteiger partial charge in [0.2, 0.25) is 0 Å². The predicted molar refractivity (Wildman–Crippen MR) is 77.6 cm³/mol. The standard InChI is InChI=1S/C12H22N4O2S/c1-4-5-16(6-7-17)11(18)13-8-10-9-19-12(14-10)15(2)3/h9,17H,4-8H2,1-3H3,(H,13,18). The van der Waals surface area contributed by atoms with Gasteiger partial charge in [0.25, 0.3) is 0 Å². The molecule has 1 aromatic heterocycles. The molecule has 2 amide bonds. The second-order valence-electron chi connectivity index (χ2n) is 4.39. The average Bonchev–Trinajstić information content (AvgIpc) is 2.84. The van der Waals surface area contributed by atoms with Gasteiger partial charge in [-0.1, -0.05) is 6.92 Å². The third-order valence-electron chi connectivity index (χ3n) is 2.49. The van der Waals surface area contributed by atoms with Gasteiger partial charge in [0, 0.05) is 32.6 Å². The smallest absolute Gasteiger partial charge is 0.317 e. The third kappa shape index (κ3) is 5.04. The minimum atomic E-state index is -0.157. The predicted octanol–water partition coefficient (Wildman–Crippen LogP) is 1.12. The van der Waals surface area contributed by atoms with Crippen molar-refractivity contribution in [1.82, 2.24) is 15.2 Å². The van der Waals surface area contributed by atoms with E-state index in [4.69, 9.17) is 5.11 Å². The van der Waals surface area contributed by atoms with Gasteiger partial charge < -0.3 is 20.2 Å². The summed E-state index contributed by atoms with van der Waals surface area (Å²) < 4.78 is 0. The van der Waals surface area contributed by atoms with Crippen LogP contribution in [0.15, 0.2) is 5.38 Å². The molecule has 2 N–H and O–H groups in total. The lowest BCUT2D eigenvalue weighted by Gasteiger charge is -2.21. The van der Waals surface area contributed by atoms with E-state index in [9.17, 15) is 4.79 Å². The van der Waals surface area contributed by atoms with Gasteiger partial charge in [0.1, 0.15) is 0 Å². The van der Waals surface area contributed by atoms with Gasteiger partial charge in [-0.25, -0.2) is 9.78 Å². The van der Waals surface area contributed by atoms with E-state index in [0.717, 1.165) is 17.2 Å². The fourth-order valence-corrected chi connectivity index (χ4v) is 2.32. The Balaban J connectivity index is 2.47. The summed E-state index contributed by atoms with van der Waals surface area (Å²) in [7, 11) is 3.87. The first kappa shape index (κ1) is 15.7. The highest BCUT2D eigenvalue weighted by atomic mass is 32.1. The molecule has 0 saturated carbocycles. The molecule has 1 aromatic rings. The molecule has 0 aliphatic heterocycles. The molecule has 0 fully saturated rings. The number of hydrogen-bond acceptors (Lipinski definition) is 5. The van der Waals surface area contributed by atoms with Gasteiger partial charge in [-0.05, 0) is 6.42 Å². The summed E-state index contributed by atoms with van der Waals surface area (Å²) in [6, 6.07) is -0.157. The van der Waals surface area contributed by atoms with Gasteiger partial charge in [0.15, 0.2) is 5.13 Å². The summed E-state index contributed by atoms with van der Waals surface area (Å²) in [4.78, 5) is 19.8. The van der Waals surface area contributed by atoms with Crippen LogP contribution in [0.4, 0.5) is 9.93 Å². The molecule has 0 aliphatic rings. The first-order valence-corrected chi connectivity index (χ1v) is 7.21. The Kier molecular flexibility index (Phi) is 6.58. The van der Waals surface area contributed by atoms with Crippen molar-refractivity contribution in [3.63, 3.8) is 0 Å². The zero-order chi connectivity index (χ0) is 14.3. The minimum absolute atomic E-state index is 0.0189. The van der Waals surface area contributed by atoms with E-state index in [2.05, 4.69) is 10.3 Å². The molecule has 19 heavy (non-hydrogen) atoms. The Morgan fingerprint density at radius 2 is 2.21 bits per heavy atom. The van der Waals surface area contributed by atoms with Crippen molar-refractivity contribution in [2.75, 3.05) is 38.7 Å². The highest BCUT2D eigenvalue weighted by Crippen LogP contribution is 2.17. The minimum Gasteiger partial charge on any atom is -0.395 e. The highest BCUT2D eigenvalue weighted by molar-refractivity contribution is 7.13. The number of anilines is 1. The van der Waals surface area contributed by atoms with Gasteiger partial charge in [-0.2, -0.15) is 0 Å². The molecular formula is C12H22N4O2S. The highest BCUT2D eigenvalue weighted by Gasteiger charge is 2.12. The lowest BCUT2D eigenvalue weighted by Crippen LogP contribution is -2.41. The SMILES string of the molecule is CCCN(CCO)C(=O)NCc1csc(N(C)C)n1. The number of urea groups is 1. The van der Waals surface area contributed by atoms with E-state index in [-0.39, 0.29) is 12.6 Å². The molecule has 1 rings (SSSR count). The number of aromatic nitrogens is 1. The Morgan fingerprint density at radius 3 is 2.74 bits per heavy atom. The lowest BCUT2D eigenvalue weighted by molar-refractivity contribution is 0.177. The topological polar surface area (TPSA) is 68.7 Å².